The zero-order valence-electron chi connectivity index (χ0n) is 12.2. The van der Waals surface area contributed by atoms with Gasteiger partial charge in [-0.2, -0.15) is 0 Å². The quantitative estimate of drug-likeness (QED) is 0.714. The van der Waals surface area contributed by atoms with Crippen molar-refractivity contribution >= 4 is 15.9 Å². The Bertz CT molecular complexity index is 691. The zero-order chi connectivity index (χ0) is 14.9. The van der Waals surface area contributed by atoms with Gasteiger partial charge in [0.05, 0.1) is 7.11 Å². The SMILES string of the molecule is COc1ccc(C#C[C@@H]2C[C@@]2(C)c2ccc(Br)cc2)cc1. The normalized spacial score (nSPS) is 23.1. The Labute approximate surface area is 134 Å². The lowest BCUT2D eigenvalue weighted by atomic mass is 9.96. The second kappa shape index (κ2) is 5.58. The van der Waals surface area contributed by atoms with Gasteiger partial charge in [-0.25, -0.2) is 0 Å². The van der Waals surface area contributed by atoms with E-state index in [1.807, 2.05) is 24.3 Å². The first kappa shape index (κ1) is 14.2. The maximum Gasteiger partial charge on any atom is 0.118 e. The van der Waals surface area contributed by atoms with E-state index in [0.29, 0.717) is 5.92 Å². The first-order valence-corrected chi connectivity index (χ1v) is 7.83. The van der Waals surface area contributed by atoms with Crippen molar-refractivity contribution in [2.24, 2.45) is 5.92 Å². The molecule has 0 amide bonds. The third-order valence-electron chi connectivity index (χ3n) is 4.22. The van der Waals surface area contributed by atoms with Crippen LogP contribution in [0.3, 0.4) is 0 Å². The van der Waals surface area contributed by atoms with E-state index in [2.05, 4.69) is 59.0 Å². The highest BCUT2D eigenvalue weighted by Gasteiger charge is 2.50. The van der Waals surface area contributed by atoms with Crippen molar-refractivity contribution in [3.05, 3.63) is 64.1 Å². The van der Waals surface area contributed by atoms with Crippen LogP contribution in [0, 0.1) is 17.8 Å². The molecule has 1 saturated carbocycles. The Morgan fingerprint density at radius 1 is 1.10 bits per heavy atom. The minimum atomic E-state index is 0.209. The molecule has 1 aliphatic carbocycles. The standard InChI is InChI=1S/C19H17BrO/c1-19(15-7-9-17(20)10-8-15)13-16(19)6-3-14-4-11-18(21-2)12-5-14/h4-5,7-12,16H,13H2,1-2H3/t16-,19+/m1/s1. The topological polar surface area (TPSA) is 9.23 Å². The molecule has 106 valence electrons. The summed E-state index contributed by atoms with van der Waals surface area (Å²) in [6, 6.07) is 16.5. The monoisotopic (exact) mass is 340 g/mol. The molecule has 2 atom stereocenters. The fourth-order valence-corrected chi connectivity index (χ4v) is 2.83. The molecule has 0 unspecified atom stereocenters. The van der Waals surface area contributed by atoms with Gasteiger partial charge in [0.2, 0.25) is 0 Å². The summed E-state index contributed by atoms with van der Waals surface area (Å²) < 4.78 is 6.28. The lowest BCUT2D eigenvalue weighted by molar-refractivity contribution is 0.415. The smallest absolute Gasteiger partial charge is 0.118 e. The number of benzene rings is 2. The second-order valence-corrected chi connectivity index (χ2v) is 6.59. The van der Waals surface area contributed by atoms with Crippen LogP contribution in [0.1, 0.15) is 24.5 Å². The number of rotatable bonds is 2. The molecular formula is C19H17BrO. The molecule has 0 saturated heterocycles. The Morgan fingerprint density at radius 3 is 2.38 bits per heavy atom. The largest absolute Gasteiger partial charge is 0.497 e. The second-order valence-electron chi connectivity index (χ2n) is 5.68. The van der Waals surface area contributed by atoms with Crippen molar-refractivity contribution in [2.45, 2.75) is 18.8 Å². The van der Waals surface area contributed by atoms with E-state index in [-0.39, 0.29) is 5.41 Å². The summed E-state index contributed by atoms with van der Waals surface area (Å²) in [5.74, 6) is 8.00. The Morgan fingerprint density at radius 2 is 1.76 bits per heavy atom. The van der Waals surface area contributed by atoms with Crippen LogP contribution < -0.4 is 4.74 Å². The number of hydrogen-bond donors (Lipinski definition) is 0. The van der Waals surface area contributed by atoms with Crippen LogP contribution in [-0.2, 0) is 5.41 Å². The fraction of sp³-hybridized carbons (Fsp3) is 0.263. The maximum atomic E-state index is 5.16. The van der Waals surface area contributed by atoms with Gasteiger partial charge in [-0.1, -0.05) is 46.8 Å². The number of ether oxygens (including phenoxy) is 1. The van der Waals surface area contributed by atoms with Gasteiger partial charge in [0.25, 0.3) is 0 Å². The molecule has 1 nitrogen and oxygen atoms in total. The highest BCUT2D eigenvalue weighted by Crippen LogP contribution is 2.53. The molecule has 21 heavy (non-hydrogen) atoms. The van der Waals surface area contributed by atoms with E-state index in [9.17, 15) is 0 Å². The molecule has 0 radical (unpaired) electrons. The van der Waals surface area contributed by atoms with Crippen molar-refractivity contribution in [2.75, 3.05) is 7.11 Å². The molecule has 0 aromatic heterocycles. The van der Waals surface area contributed by atoms with Crippen LogP contribution in [0.15, 0.2) is 53.0 Å². The summed E-state index contributed by atoms with van der Waals surface area (Å²) in [5.41, 5.74) is 2.63. The molecule has 2 aromatic rings. The number of methoxy groups -OCH3 is 1. The Balaban J connectivity index is 1.73. The Kier molecular flexibility index (Phi) is 3.78. The van der Waals surface area contributed by atoms with E-state index in [0.717, 1.165) is 22.2 Å². The van der Waals surface area contributed by atoms with Crippen LogP contribution in [-0.4, -0.2) is 7.11 Å². The molecule has 0 bridgehead atoms. The summed E-state index contributed by atoms with van der Waals surface area (Å²) in [6.45, 7) is 2.30. The highest BCUT2D eigenvalue weighted by atomic mass is 79.9. The molecule has 1 aliphatic rings. The van der Waals surface area contributed by atoms with Crippen LogP contribution in [0.2, 0.25) is 0 Å². The Hall–Kier alpha value is -1.72. The first-order chi connectivity index (χ1) is 10.1. The highest BCUT2D eigenvalue weighted by molar-refractivity contribution is 9.10. The van der Waals surface area contributed by atoms with Crippen LogP contribution in [0.4, 0.5) is 0 Å². The van der Waals surface area contributed by atoms with E-state index < -0.39 is 0 Å². The van der Waals surface area contributed by atoms with Gasteiger partial charge in [-0.15, -0.1) is 0 Å². The summed E-state index contributed by atoms with van der Waals surface area (Å²) in [7, 11) is 1.68. The average Bonchev–Trinajstić information content (AvgIpc) is 3.18. The summed E-state index contributed by atoms with van der Waals surface area (Å²) in [4.78, 5) is 0. The lowest BCUT2D eigenvalue weighted by Crippen LogP contribution is -2.03. The molecule has 2 heteroatoms. The lowest BCUT2D eigenvalue weighted by Gasteiger charge is -2.09. The minimum absolute atomic E-state index is 0.209. The van der Waals surface area contributed by atoms with Gasteiger partial charge < -0.3 is 4.74 Å². The van der Waals surface area contributed by atoms with E-state index in [1.165, 1.54) is 5.56 Å². The molecule has 0 aliphatic heterocycles. The summed E-state index contributed by atoms with van der Waals surface area (Å²) in [6.07, 6.45) is 1.14. The molecule has 0 spiro atoms. The van der Waals surface area contributed by atoms with Gasteiger partial charge in [0, 0.05) is 21.4 Å². The van der Waals surface area contributed by atoms with Gasteiger partial charge >= 0.3 is 0 Å². The average molecular weight is 341 g/mol. The van der Waals surface area contributed by atoms with E-state index >= 15 is 0 Å². The summed E-state index contributed by atoms with van der Waals surface area (Å²) >= 11 is 3.48. The molecule has 1 fully saturated rings. The first-order valence-electron chi connectivity index (χ1n) is 7.03. The van der Waals surface area contributed by atoms with Gasteiger partial charge in [0.1, 0.15) is 5.75 Å². The molecule has 0 N–H and O–H groups in total. The van der Waals surface area contributed by atoms with Crippen LogP contribution >= 0.6 is 15.9 Å². The van der Waals surface area contributed by atoms with Crippen molar-refractivity contribution in [3.8, 4) is 17.6 Å². The third kappa shape index (κ3) is 2.99. The van der Waals surface area contributed by atoms with Crippen molar-refractivity contribution < 1.29 is 4.74 Å². The van der Waals surface area contributed by atoms with Crippen LogP contribution in [0.5, 0.6) is 5.75 Å². The van der Waals surface area contributed by atoms with Crippen molar-refractivity contribution in [1.29, 1.82) is 0 Å². The van der Waals surface area contributed by atoms with E-state index in [1.54, 1.807) is 7.11 Å². The summed E-state index contributed by atoms with van der Waals surface area (Å²) in [5, 5.41) is 0. The van der Waals surface area contributed by atoms with E-state index in [4.69, 9.17) is 4.74 Å². The van der Waals surface area contributed by atoms with Gasteiger partial charge in [0.15, 0.2) is 0 Å². The van der Waals surface area contributed by atoms with Crippen LogP contribution in [0.25, 0.3) is 0 Å². The van der Waals surface area contributed by atoms with Crippen molar-refractivity contribution in [3.63, 3.8) is 0 Å². The minimum Gasteiger partial charge on any atom is -0.497 e. The predicted octanol–water partition coefficient (Wildman–Crippen LogP) is 4.79. The molecule has 0 heterocycles. The predicted molar refractivity (Wildman–Crippen MR) is 89.5 cm³/mol. The van der Waals surface area contributed by atoms with Gasteiger partial charge in [-0.05, 0) is 48.4 Å². The molecule has 2 aromatic carbocycles. The molecular weight excluding hydrogens is 324 g/mol. The van der Waals surface area contributed by atoms with Gasteiger partial charge in [-0.3, -0.25) is 0 Å². The fourth-order valence-electron chi connectivity index (χ4n) is 2.57. The third-order valence-corrected chi connectivity index (χ3v) is 4.75. The molecule has 3 rings (SSSR count). The number of halogens is 1. The number of hydrogen-bond acceptors (Lipinski definition) is 1. The van der Waals surface area contributed by atoms with Crippen molar-refractivity contribution in [1.82, 2.24) is 0 Å². The maximum absolute atomic E-state index is 5.16. The zero-order valence-corrected chi connectivity index (χ0v) is 13.8.